The van der Waals surface area contributed by atoms with Gasteiger partial charge in [-0.15, -0.1) is 0 Å². The molecule has 1 saturated carbocycles. The molecule has 1 aliphatic carbocycles. The van der Waals surface area contributed by atoms with Gasteiger partial charge in [0.2, 0.25) is 5.91 Å². The van der Waals surface area contributed by atoms with Crippen molar-refractivity contribution in [1.29, 1.82) is 0 Å². The minimum atomic E-state index is -0.888. The van der Waals surface area contributed by atoms with Crippen LogP contribution in [0.5, 0.6) is 0 Å². The lowest BCUT2D eigenvalue weighted by molar-refractivity contribution is -0.157. The van der Waals surface area contributed by atoms with E-state index >= 15 is 0 Å². The predicted molar refractivity (Wildman–Crippen MR) is 78.5 cm³/mol. The van der Waals surface area contributed by atoms with Gasteiger partial charge in [-0.25, -0.2) is 9.67 Å². The van der Waals surface area contributed by atoms with E-state index in [4.69, 9.17) is 0 Å². The molecule has 0 spiro atoms. The smallest absolute Gasteiger partial charge is 0.310 e. The van der Waals surface area contributed by atoms with Crippen molar-refractivity contribution >= 4 is 17.6 Å². The SMILES string of the molecule is O=C(CC1(C(=O)O)CCC1)Nc1ccc(-n2cccn2)nc1. The molecule has 0 aliphatic heterocycles. The van der Waals surface area contributed by atoms with Crippen LogP contribution in [-0.4, -0.2) is 31.7 Å². The number of pyridine rings is 1. The van der Waals surface area contributed by atoms with E-state index in [0.29, 0.717) is 24.3 Å². The Morgan fingerprint density at radius 3 is 2.68 bits per heavy atom. The van der Waals surface area contributed by atoms with E-state index in [-0.39, 0.29) is 12.3 Å². The Kier molecular flexibility index (Phi) is 3.62. The lowest BCUT2D eigenvalue weighted by atomic mass is 9.66. The van der Waals surface area contributed by atoms with Crippen molar-refractivity contribution in [3.05, 3.63) is 36.8 Å². The number of anilines is 1. The van der Waals surface area contributed by atoms with Gasteiger partial charge >= 0.3 is 5.97 Å². The molecule has 22 heavy (non-hydrogen) atoms. The average molecular weight is 300 g/mol. The second-order valence-electron chi connectivity index (χ2n) is 5.52. The van der Waals surface area contributed by atoms with Crippen LogP contribution >= 0.6 is 0 Å². The van der Waals surface area contributed by atoms with Gasteiger partial charge < -0.3 is 10.4 Å². The molecule has 2 N–H and O–H groups in total. The van der Waals surface area contributed by atoms with Crippen molar-refractivity contribution in [3.8, 4) is 5.82 Å². The van der Waals surface area contributed by atoms with Crippen LogP contribution in [0.25, 0.3) is 5.82 Å². The normalized spacial score (nSPS) is 15.8. The van der Waals surface area contributed by atoms with Crippen LogP contribution < -0.4 is 5.32 Å². The molecule has 114 valence electrons. The van der Waals surface area contributed by atoms with Gasteiger partial charge in [-0.1, -0.05) is 6.42 Å². The highest BCUT2D eigenvalue weighted by atomic mass is 16.4. The minimum absolute atomic E-state index is 0.00322. The molecule has 0 saturated heterocycles. The highest BCUT2D eigenvalue weighted by Gasteiger charge is 2.45. The fraction of sp³-hybridized carbons (Fsp3) is 0.333. The zero-order valence-electron chi connectivity index (χ0n) is 11.9. The first-order chi connectivity index (χ1) is 10.6. The van der Waals surface area contributed by atoms with Crippen molar-refractivity contribution in [2.24, 2.45) is 5.41 Å². The molecule has 2 aromatic heterocycles. The van der Waals surface area contributed by atoms with Crippen LogP contribution in [0.3, 0.4) is 0 Å². The van der Waals surface area contributed by atoms with Gasteiger partial charge in [0.1, 0.15) is 0 Å². The van der Waals surface area contributed by atoms with Crippen molar-refractivity contribution in [1.82, 2.24) is 14.8 Å². The summed E-state index contributed by atoms with van der Waals surface area (Å²) in [5.74, 6) is -0.541. The van der Waals surface area contributed by atoms with Gasteiger partial charge in [0.15, 0.2) is 5.82 Å². The maximum Gasteiger partial charge on any atom is 0.310 e. The summed E-state index contributed by atoms with van der Waals surface area (Å²) in [5, 5.41) is 16.0. The molecule has 7 heteroatoms. The second kappa shape index (κ2) is 5.59. The molecule has 1 amide bonds. The van der Waals surface area contributed by atoms with E-state index in [2.05, 4.69) is 15.4 Å². The lowest BCUT2D eigenvalue weighted by Crippen LogP contribution is -2.41. The van der Waals surface area contributed by atoms with Gasteiger partial charge in [0.05, 0.1) is 17.3 Å². The van der Waals surface area contributed by atoms with Gasteiger partial charge in [0.25, 0.3) is 0 Å². The molecule has 1 aliphatic rings. The topological polar surface area (TPSA) is 97.1 Å². The number of carboxylic acids is 1. The van der Waals surface area contributed by atoms with E-state index in [1.54, 1.807) is 35.3 Å². The fourth-order valence-electron chi connectivity index (χ4n) is 2.58. The Hall–Kier alpha value is -2.70. The first-order valence-corrected chi connectivity index (χ1v) is 7.08. The molecule has 0 atom stereocenters. The van der Waals surface area contributed by atoms with Crippen LogP contribution in [0.1, 0.15) is 25.7 Å². The summed E-state index contributed by atoms with van der Waals surface area (Å²) in [6.45, 7) is 0. The summed E-state index contributed by atoms with van der Waals surface area (Å²) in [7, 11) is 0. The number of aliphatic carboxylic acids is 1. The summed E-state index contributed by atoms with van der Waals surface area (Å²) >= 11 is 0. The number of nitrogens with zero attached hydrogens (tertiary/aromatic N) is 3. The maximum absolute atomic E-state index is 12.0. The Balaban J connectivity index is 1.63. The number of hydrogen-bond acceptors (Lipinski definition) is 4. The van der Waals surface area contributed by atoms with E-state index in [0.717, 1.165) is 6.42 Å². The number of rotatable bonds is 5. The van der Waals surface area contributed by atoms with Crippen molar-refractivity contribution in [2.45, 2.75) is 25.7 Å². The molecular formula is C15H16N4O3. The average Bonchev–Trinajstić information content (AvgIpc) is 2.97. The third-order valence-corrected chi connectivity index (χ3v) is 4.03. The van der Waals surface area contributed by atoms with Crippen LogP contribution in [0.15, 0.2) is 36.8 Å². The summed E-state index contributed by atoms with van der Waals surface area (Å²) in [4.78, 5) is 27.5. The first kappa shape index (κ1) is 14.2. The molecule has 0 unspecified atom stereocenters. The van der Waals surface area contributed by atoms with Gasteiger partial charge in [-0.3, -0.25) is 9.59 Å². The van der Waals surface area contributed by atoms with Crippen molar-refractivity contribution in [3.63, 3.8) is 0 Å². The quantitative estimate of drug-likeness (QED) is 0.878. The molecule has 3 rings (SSSR count). The number of amides is 1. The predicted octanol–water partition coefficient (Wildman–Crippen LogP) is 1.85. The number of carboxylic acid groups (broad SMARTS) is 1. The van der Waals surface area contributed by atoms with Crippen molar-refractivity contribution in [2.75, 3.05) is 5.32 Å². The monoisotopic (exact) mass is 300 g/mol. The van der Waals surface area contributed by atoms with Crippen LogP contribution in [0, 0.1) is 5.41 Å². The van der Waals surface area contributed by atoms with E-state index in [9.17, 15) is 14.7 Å². The molecule has 0 radical (unpaired) electrons. The Bertz CT molecular complexity index is 675. The molecular weight excluding hydrogens is 284 g/mol. The summed E-state index contributed by atoms with van der Waals surface area (Å²) in [6.07, 6.45) is 6.94. The first-order valence-electron chi connectivity index (χ1n) is 7.08. The Morgan fingerprint density at radius 1 is 1.36 bits per heavy atom. The van der Waals surface area contributed by atoms with Gasteiger partial charge in [0, 0.05) is 18.8 Å². The molecule has 2 heterocycles. The standard InChI is InChI=1S/C15H16N4O3/c20-13(9-15(14(21)22)5-1-6-15)18-11-3-4-12(16-10-11)19-8-2-7-17-19/h2-4,7-8,10H,1,5-6,9H2,(H,18,20)(H,21,22). The maximum atomic E-state index is 12.0. The third-order valence-electron chi connectivity index (χ3n) is 4.03. The Labute approximate surface area is 127 Å². The van der Waals surface area contributed by atoms with Gasteiger partial charge in [-0.2, -0.15) is 5.10 Å². The zero-order valence-corrected chi connectivity index (χ0v) is 11.9. The van der Waals surface area contributed by atoms with Gasteiger partial charge in [-0.05, 0) is 31.0 Å². The highest BCUT2D eigenvalue weighted by Crippen LogP contribution is 2.44. The minimum Gasteiger partial charge on any atom is -0.481 e. The summed E-state index contributed by atoms with van der Waals surface area (Å²) < 4.78 is 1.61. The van der Waals surface area contributed by atoms with E-state index in [1.807, 2.05) is 0 Å². The van der Waals surface area contributed by atoms with Crippen LogP contribution in [-0.2, 0) is 9.59 Å². The molecule has 0 bridgehead atoms. The van der Waals surface area contributed by atoms with E-state index < -0.39 is 11.4 Å². The molecule has 2 aromatic rings. The molecule has 1 fully saturated rings. The molecule has 0 aromatic carbocycles. The number of aromatic nitrogens is 3. The number of carbonyl (C=O) groups excluding carboxylic acids is 1. The zero-order chi connectivity index (χ0) is 15.6. The highest BCUT2D eigenvalue weighted by molar-refractivity contribution is 5.94. The lowest BCUT2D eigenvalue weighted by Gasteiger charge is -2.36. The fourth-order valence-corrected chi connectivity index (χ4v) is 2.58. The number of hydrogen-bond donors (Lipinski definition) is 2. The third kappa shape index (κ3) is 2.69. The summed E-state index contributed by atoms with van der Waals surface area (Å²) in [5.41, 5.74) is -0.340. The number of carbonyl (C=O) groups is 2. The number of nitrogens with one attached hydrogen (secondary N) is 1. The van der Waals surface area contributed by atoms with Crippen molar-refractivity contribution < 1.29 is 14.7 Å². The summed E-state index contributed by atoms with van der Waals surface area (Å²) in [6, 6.07) is 5.25. The molecule has 7 nitrogen and oxygen atoms in total. The van der Waals surface area contributed by atoms with E-state index in [1.165, 1.54) is 6.20 Å². The van der Waals surface area contributed by atoms with Crippen LogP contribution in [0.2, 0.25) is 0 Å². The second-order valence-corrected chi connectivity index (χ2v) is 5.52. The van der Waals surface area contributed by atoms with Crippen LogP contribution in [0.4, 0.5) is 5.69 Å². The Morgan fingerprint density at radius 2 is 2.18 bits per heavy atom. The largest absolute Gasteiger partial charge is 0.481 e.